The number of halogens is 2. The molecule has 32 heavy (non-hydrogen) atoms. The molecule has 2 unspecified atom stereocenters. The molecule has 1 aliphatic rings. The van der Waals surface area contributed by atoms with Gasteiger partial charge in [-0.2, -0.15) is 0 Å². The van der Waals surface area contributed by atoms with Crippen LogP contribution in [-0.2, 0) is 6.42 Å². The molecular weight excluding hydrogens is 457 g/mol. The van der Waals surface area contributed by atoms with Crippen LogP contribution in [0.15, 0.2) is 30.5 Å². The van der Waals surface area contributed by atoms with E-state index < -0.39 is 18.5 Å². The van der Waals surface area contributed by atoms with Crippen LogP contribution in [0.1, 0.15) is 12.5 Å². The maximum atomic E-state index is 14.6. The van der Waals surface area contributed by atoms with Crippen molar-refractivity contribution in [3.8, 4) is 0 Å². The number of aliphatic hydroxyl groups is 2. The average Bonchev–Trinajstić information content (AvgIpc) is 3.14. The lowest BCUT2D eigenvalue weighted by Gasteiger charge is -2.40. The molecule has 11 heteroatoms. The van der Waals surface area contributed by atoms with Gasteiger partial charge in [0, 0.05) is 43.3 Å². The number of aliphatic hydroxyl groups excluding tert-OH is 2. The number of fused-ring (bicyclic) bond motifs is 1. The molecule has 4 rings (SSSR count). The molecule has 0 bridgehead atoms. The van der Waals surface area contributed by atoms with Gasteiger partial charge in [0.25, 0.3) is 0 Å². The Morgan fingerprint density at radius 2 is 2.22 bits per heavy atom. The van der Waals surface area contributed by atoms with Gasteiger partial charge in [-0.1, -0.05) is 22.9 Å². The number of benzene rings is 1. The molecule has 8 nitrogen and oxygen atoms in total. The monoisotopic (exact) mass is 479 g/mol. The molecule has 1 fully saturated rings. The summed E-state index contributed by atoms with van der Waals surface area (Å²) < 4.78 is 15.5. The zero-order chi connectivity index (χ0) is 22.8. The number of piperazine rings is 1. The van der Waals surface area contributed by atoms with E-state index in [0.29, 0.717) is 35.4 Å². The van der Waals surface area contributed by atoms with E-state index in [1.165, 1.54) is 23.6 Å². The third-order valence-electron chi connectivity index (χ3n) is 5.31. The number of hydrogen-bond donors (Lipinski definition) is 3. The fourth-order valence-corrected chi connectivity index (χ4v) is 4.85. The summed E-state index contributed by atoms with van der Waals surface area (Å²) in [6.07, 6.45) is 0.681. The number of amides is 2. The van der Waals surface area contributed by atoms with Crippen molar-refractivity contribution in [1.29, 1.82) is 0 Å². The number of hydrogen-bond acceptors (Lipinski definition) is 7. The van der Waals surface area contributed by atoms with E-state index in [0.717, 1.165) is 10.2 Å². The summed E-state index contributed by atoms with van der Waals surface area (Å²) in [5, 5.41) is 22.4. The molecule has 0 spiro atoms. The second kappa shape index (κ2) is 9.53. The Morgan fingerprint density at radius 3 is 2.94 bits per heavy atom. The number of nitrogens with one attached hydrogen (secondary N) is 1. The van der Waals surface area contributed by atoms with Gasteiger partial charge < -0.3 is 20.0 Å². The Morgan fingerprint density at radius 1 is 1.41 bits per heavy atom. The van der Waals surface area contributed by atoms with Crippen LogP contribution in [0.5, 0.6) is 0 Å². The van der Waals surface area contributed by atoms with E-state index in [9.17, 15) is 14.3 Å². The largest absolute Gasteiger partial charge is 0.394 e. The summed E-state index contributed by atoms with van der Waals surface area (Å²) in [7, 11) is 0. The van der Waals surface area contributed by atoms with Crippen molar-refractivity contribution in [3.05, 3.63) is 46.9 Å². The lowest BCUT2D eigenvalue weighted by atomic mass is 10.1. The number of anilines is 2. The summed E-state index contributed by atoms with van der Waals surface area (Å²) in [6.45, 7) is 2.75. The molecule has 3 aromatic rings. The Hall–Kier alpha value is -2.53. The van der Waals surface area contributed by atoms with Crippen molar-refractivity contribution in [2.45, 2.75) is 25.5 Å². The molecule has 2 atom stereocenters. The predicted molar refractivity (Wildman–Crippen MR) is 123 cm³/mol. The number of rotatable bonds is 5. The minimum absolute atomic E-state index is 0.128. The molecule has 1 aromatic carbocycles. The van der Waals surface area contributed by atoms with E-state index in [1.54, 1.807) is 15.9 Å². The van der Waals surface area contributed by atoms with E-state index in [-0.39, 0.29) is 24.3 Å². The highest BCUT2D eigenvalue weighted by Crippen LogP contribution is 2.29. The van der Waals surface area contributed by atoms with Gasteiger partial charge in [-0.05, 0) is 36.8 Å². The number of aromatic nitrogens is 2. The summed E-state index contributed by atoms with van der Waals surface area (Å²) >= 11 is 7.37. The molecule has 0 radical (unpaired) electrons. The van der Waals surface area contributed by atoms with Gasteiger partial charge in [0.15, 0.2) is 16.8 Å². The minimum atomic E-state index is -0.948. The van der Waals surface area contributed by atoms with Crippen molar-refractivity contribution < 1.29 is 19.4 Å². The van der Waals surface area contributed by atoms with Gasteiger partial charge in [0.2, 0.25) is 0 Å². The van der Waals surface area contributed by atoms with Gasteiger partial charge >= 0.3 is 6.03 Å². The Bertz CT molecular complexity index is 1130. The molecule has 1 aliphatic heterocycles. The van der Waals surface area contributed by atoms with Crippen LogP contribution in [-0.4, -0.2) is 69.5 Å². The predicted octanol–water partition coefficient (Wildman–Crippen LogP) is 3.12. The Kier molecular flexibility index (Phi) is 6.75. The topological polar surface area (TPSA) is 102 Å². The molecule has 170 valence electrons. The lowest BCUT2D eigenvalue weighted by molar-refractivity contribution is 0.0954. The van der Waals surface area contributed by atoms with Gasteiger partial charge in [0.05, 0.1) is 22.9 Å². The first-order valence-corrected chi connectivity index (χ1v) is 11.4. The van der Waals surface area contributed by atoms with Crippen LogP contribution in [0.3, 0.4) is 0 Å². The first-order valence-electron chi connectivity index (χ1n) is 10.2. The number of urea groups is 1. The molecule has 2 aromatic heterocycles. The molecular formula is C21H23ClFN5O3S. The Balaban J connectivity index is 1.39. The van der Waals surface area contributed by atoms with E-state index >= 15 is 0 Å². The molecule has 3 heterocycles. The number of thiazole rings is 1. The highest BCUT2D eigenvalue weighted by atomic mass is 35.5. The number of carbonyl (C=O) groups is 1. The van der Waals surface area contributed by atoms with Crippen LogP contribution >= 0.6 is 22.9 Å². The average molecular weight is 480 g/mol. The summed E-state index contributed by atoms with van der Waals surface area (Å²) in [5.41, 5.74) is 1.28. The van der Waals surface area contributed by atoms with Crippen molar-refractivity contribution in [2.75, 3.05) is 36.5 Å². The van der Waals surface area contributed by atoms with Crippen molar-refractivity contribution in [3.63, 3.8) is 0 Å². The van der Waals surface area contributed by atoms with E-state index in [1.807, 2.05) is 19.1 Å². The molecule has 2 amide bonds. The fraction of sp³-hybridized carbons (Fsp3) is 0.381. The van der Waals surface area contributed by atoms with Crippen LogP contribution in [0.2, 0.25) is 5.02 Å². The standard InChI is InChI=1S/C21H23ClFN5O3S/c1-12-10-27(19-16(23)7-13(9-24-19)6-15(30)11-29)4-5-28(12)21(31)26-20-25-17-3-2-14(22)8-18(17)32-20/h2-3,7-9,12,15,29-30H,4-6,10-11H2,1H3,(H,25,26,31). The smallest absolute Gasteiger partial charge is 0.324 e. The van der Waals surface area contributed by atoms with Crippen molar-refractivity contribution in [2.24, 2.45) is 0 Å². The summed E-state index contributed by atoms with van der Waals surface area (Å²) in [5.74, 6) is -0.284. The van der Waals surface area contributed by atoms with Crippen molar-refractivity contribution >= 4 is 50.1 Å². The second-order valence-electron chi connectivity index (χ2n) is 7.74. The van der Waals surface area contributed by atoms with Gasteiger partial charge in [-0.25, -0.2) is 19.2 Å². The van der Waals surface area contributed by atoms with Crippen molar-refractivity contribution in [1.82, 2.24) is 14.9 Å². The van der Waals surface area contributed by atoms with Crippen LogP contribution in [0.4, 0.5) is 20.1 Å². The molecule has 0 saturated carbocycles. The zero-order valence-electron chi connectivity index (χ0n) is 17.3. The van der Waals surface area contributed by atoms with Crippen LogP contribution in [0, 0.1) is 5.82 Å². The third-order valence-corrected chi connectivity index (χ3v) is 6.48. The maximum Gasteiger partial charge on any atom is 0.324 e. The zero-order valence-corrected chi connectivity index (χ0v) is 18.9. The number of nitrogens with zero attached hydrogens (tertiary/aromatic N) is 4. The maximum absolute atomic E-state index is 14.6. The minimum Gasteiger partial charge on any atom is -0.394 e. The fourth-order valence-electron chi connectivity index (χ4n) is 3.72. The first kappa shape index (κ1) is 22.7. The van der Waals surface area contributed by atoms with Gasteiger partial charge in [-0.15, -0.1) is 0 Å². The van der Waals surface area contributed by atoms with E-state index in [2.05, 4.69) is 15.3 Å². The lowest BCUT2D eigenvalue weighted by Crippen LogP contribution is -2.55. The van der Waals surface area contributed by atoms with Gasteiger partial charge in [-0.3, -0.25) is 5.32 Å². The summed E-state index contributed by atoms with van der Waals surface area (Å²) in [6, 6.07) is 6.26. The first-order chi connectivity index (χ1) is 15.3. The van der Waals surface area contributed by atoms with E-state index in [4.69, 9.17) is 16.7 Å². The normalized spacial score (nSPS) is 17.6. The van der Waals surface area contributed by atoms with Crippen LogP contribution < -0.4 is 10.2 Å². The second-order valence-corrected chi connectivity index (χ2v) is 9.21. The highest BCUT2D eigenvalue weighted by molar-refractivity contribution is 7.22. The molecule has 1 saturated heterocycles. The van der Waals surface area contributed by atoms with Gasteiger partial charge in [0.1, 0.15) is 0 Å². The number of pyridine rings is 1. The number of carbonyl (C=O) groups excluding carboxylic acids is 1. The SMILES string of the molecule is CC1CN(c2ncc(CC(O)CO)cc2F)CCN1C(=O)Nc1nc2ccc(Cl)cc2s1. The highest BCUT2D eigenvalue weighted by Gasteiger charge is 2.30. The van der Waals surface area contributed by atoms with Crippen LogP contribution in [0.25, 0.3) is 10.2 Å². The third kappa shape index (κ3) is 4.93. The summed E-state index contributed by atoms with van der Waals surface area (Å²) in [4.78, 5) is 24.9. The molecule has 0 aliphatic carbocycles. The Labute approximate surface area is 193 Å². The quantitative estimate of drug-likeness (QED) is 0.519. The molecule has 3 N–H and O–H groups in total.